The van der Waals surface area contributed by atoms with Crippen LogP contribution in [0.1, 0.15) is 6.92 Å². The summed E-state index contributed by atoms with van der Waals surface area (Å²) in [7, 11) is 0. The number of aromatic nitrogens is 4. The van der Waals surface area contributed by atoms with Gasteiger partial charge in [-0.1, -0.05) is 60.7 Å². The maximum Gasteiger partial charge on any atom is 0.292 e. The number of nitrogens with zero attached hydrogens (tertiary/aromatic N) is 3. The number of hydrogen-bond acceptors (Lipinski definition) is 4. The number of hydrogen-bond donors (Lipinski definition) is 1. The minimum absolute atomic E-state index is 0.323. The van der Waals surface area contributed by atoms with E-state index in [2.05, 4.69) is 10.2 Å². The molecule has 6 nitrogen and oxygen atoms in total. The van der Waals surface area contributed by atoms with E-state index in [9.17, 15) is 4.79 Å². The molecule has 0 bridgehead atoms. The number of ether oxygens (including phenoxy) is 1. The Hall–Kier alpha value is -4.19. The molecule has 0 saturated carbocycles. The van der Waals surface area contributed by atoms with Crippen LogP contribution in [0.25, 0.3) is 39.1 Å². The molecular formula is C25H20N4O2. The topological polar surface area (TPSA) is 72.8 Å². The van der Waals surface area contributed by atoms with E-state index in [1.807, 2.05) is 91.9 Å². The first-order chi connectivity index (χ1) is 15.3. The van der Waals surface area contributed by atoms with Gasteiger partial charge in [0.25, 0.3) is 5.56 Å². The fourth-order valence-corrected chi connectivity index (χ4v) is 3.72. The van der Waals surface area contributed by atoms with Crippen molar-refractivity contribution in [3.8, 4) is 34.0 Å². The number of nitrogens with one attached hydrogen (secondary N) is 1. The predicted octanol–water partition coefficient (Wildman–Crippen LogP) is 4.84. The van der Waals surface area contributed by atoms with Crippen molar-refractivity contribution in [1.82, 2.24) is 20.0 Å². The first kappa shape index (κ1) is 18.8. The lowest BCUT2D eigenvalue weighted by Gasteiger charge is -2.10. The molecule has 0 radical (unpaired) electrons. The molecule has 0 aliphatic rings. The van der Waals surface area contributed by atoms with Crippen LogP contribution in [0, 0.1) is 0 Å². The fourth-order valence-electron chi connectivity index (χ4n) is 3.72. The van der Waals surface area contributed by atoms with Gasteiger partial charge in [0, 0.05) is 11.1 Å². The zero-order valence-corrected chi connectivity index (χ0v) is 16.9. The Labute approximate surface area is 178 Å². The first-order valence-electron chi connectivity index (χ1n) is 10.1. The minimum atomic E-state index is -0.323. The third-order valence-corrected chi connectivity index (χ3v) is 5.09. The van der Waals surface area contributed by atoms with Gasteiger partial charge < -0.3 is 4.74 Å². The summed E-state index contributed by atoms with van der Waals surface area (Å²) in [5.74, 6) is 0.786. The van der Waals surface area contributed by atoms with Gasteiger partial charge in [0.15, 0.2) is 5.52 Å². The van der Waals surface area contributed by atoms with Gasteiger partial charge in [0.2, 0.25) is 0 Å². The van der Waals surface area contributed by atoms with Gasteiger partial charge in [0.1, 0.15) is 11.4 Å². The normalized spacial score (nSPS) is 11.0. The highest BCUT2D eigenvalue weighted by Gasteiger charge is 2.21. The molecule has 0 fully saturated rings. The molecule has 5 rings (SSSR count). The van der Waals surface area contributed by atoms with Crippen molar-refractivity contribution in [3.63, 3.8) is 0 Å². The molecule has 0 spiro atoms. The molecule has 0 aliphatic heterocycles. The molecular weight excluding hydrogens is 388 g/mol. The molecule has 2 aromatic heterocycles. The van der Waals surface area contributed by atoms with E-state index in [0.717, 1.165) is 33.6 Å². The lowest BCUT2D eigenvalue weighted by molar-refractivity contribution is 0.340. The molecule has 6 heteroatoms. The van der Waals surface area contributed by atoms with Gasteiger partial charge in [0.05, 0.1) is 23.4 Å². The summed E-state index contributed by atoms with van der Waals surface area (Å²) >= 11 is 0. The van der Waals surface area contributed by atoms with Crippen LogP contribution in [0.4, 0.5) is 0 Å². The van der Waals surface area contributed by atoms with Crippen LogP contribution >= 0.6 is 0 Å². The Bertz CT molecular complexity index is 1390. The van der Waals surface area contributed by atoms with E-state index in [4.69, 9.17) is 9.84 Å². The summed E-state index contributed by atoms with van der Waals surface area (Å²) in [5, 5.41) is 12.4. The summed E-state index contributed by atoms with van der Waals surface area (Å²) in [5.41, 5.74) is 4.22. The quantitative estimate of drug-likeness (QED) is 0.452. The van der Waals surface area contributed by atoms with Gasteiger partial charge in [-0.15, -0.1) is 0 Å². The molecule has 2 heterocycles. The Balaban J connectivity index is 1.84. The second-order valence-corrected chi connectivity index (χ2v) is 7.04. The molecule has 0 amide bonds. The van der Waals surface area contributed by atoms with Crippen molar-refractivity contribution in [2.75, 3.05) is 6.61 Å². The van der Waals surface area contributed by atoms with Gasteiger partial charge in [-0.05, 0) is 31.2 Å². The SMILES string of the molecule is CCOc1ccc(-n2nc3c(=O)[nH]nc(-c4ccccc4)c3c2-c2ccccc2)cc1. The highest BCUT2D eigenvalue weighted by atomic mass is 16.5. The summed E-state index contributed by atoms with van der Waals surface area (Å²) in [6.07, 6.45) is 0. The second-order valence-electron chi connectivity index (χ2n) is 7.04. The molecule has 0 aliphatic carbocycles. The first-order valence-corrected chi connectivity index (χ1v) is 10.1. The molecule has 152 valence electrons. The monoisotopic (exact) mass is 408 g/mol. The van der Waals surface area contributed by atoms with E-state index in [1.165, 1.54) is 0 Å². The van der Waals surface area contributed by atoms with Gasteiger partial charge in [-0.25, -0.2) is 9.78 Å². The van der Waals surface area contributed by atoms with Gasteiger partial charge >= 0.3 is 0 Å². The predicted molar refractivity (Wildman–Crippen MR) is 122 cm³/mol. The average molecular weight is 408 g/mol. The highest BCUT2D eigenvalue weighted by molar-refractivity contribution is 6.02. The van der Waals surface area contributed by atoms with Crippen molar-refractivity contribution in [3.05, 3.63) is 95.3 Å². The Kier molecular flexibility index (Phi) is 4.80. The summed E-state index contributed by atoms with van der Waals surface area (Å²) in [6.45, 7) is 2.55. The number of rotatable bonds is 5. The van der Waals surface area contributed by atoms with E-state index < -0.39 is 0 Å². The van der Waals surface area contributed by atoms with E-state index in [0.29, 0.717) is 17.8 Å². The molecule has 0 saturated heterocycles. The average Bonchev–Trinajstić information content (AvgIpc) is 3.23. The van der Waals surface area contributed by atoms with Crippen molar-refractivity contribution in [2.45, 2.75) is 6.92 Å². The van der Waals surface area contributed by atoms with Crippen LogP contribution in [0.3, 0.4) is 0 Å². The van der Waals surface area contributed by atoms with Crippen LogP contribution in [0.2, 0.25) is 0 Å². The zero-order chi connectivity index (χ0) is 21.2. The Morgan fingerprint density at radius 2 is 1.52 bits per heavy atom. The van der Waals surface area contributed by atoms with E-state index in [1.54, 1.807) is 4.68 Å². The van der Waals surface area contributed by atoms with Crippen molar-refractivity contribution < 1.29 is 4.74 Å². The number of fused-ring (bicyclic) bond motifs is 1. The largest absolute Gasteiger partial charge is 0.494 e. The third-order valence-electron chi connectivity index (χ3n) is 5.09. The summed E-state index contributed by atoms with van der Waals surface area (Å²) in [4.78, 5) is 12.7. The Morgan fingerprint density at radius 3 is 2.16 bits per heavy atom. The highest BCUT2D eigenvalue weighted by Crippen LogP contribution is 2.35. The molecule has 0 atom stereocenters. The smallest absolute Gasteiger partial charge is 0.292 e. The van der Waals surface area contributed by atoms with Crippen LogP contribution in [-0.4, -0.2) is 26.6 Å². The lowest BCUT2D eigenvalue weighted by atomic mass is 10.0. The molecule has 31 heavy (non-hydrogen) atoms. The van der Waals surface area contributed by atoms with Crippen molar-refractivity contribution >= 4 is 10.9 Å². The number of H-pyrrole nitrogens is 1. The number of benzene rings is 3. The summed E-state index contributed by atoms with van der Waals surface area (Å²) < 4.78 is 7.38. The van der Waals surface area contributed by atoms with Crippen LogP contribution in [-0.2, 0) is 0 Å². The molecule has 3 aromatic carbocycles. The second kappa shape index (κ2) is 7.91. The van der Waals surface area contributed by atoms with Crippen LogP contribution < -0.4 is 10.3 Å². The van der Waals surface area contributed by atoms with Gasteiger partial charge in [-0.3, -0.25) is 4.79 Å². The van der Waals surface area contributed by atoms with Crippen molar-refractivity contribution in [2.24, 2.45) is 0 Å². The minimum Gasteiger partial charge on any atom is -0.494 e. The molecule has 0 unspecified atom stereocenters. The number of aromatic amines is 1. The maximum absolute atomic E-state index is 12.7. The molecule has 5 aromatic rings. The summed E-state index contributed by atoms with van der Waals surface area (Å²) in [6, 6.07) is 27.4. The molecule has 1 N–H and O–H groups in total. The van der Waals surface area contributed by atoms with E-state index >= 15 is 0 Å². The fraction of sp³-hybridized carbons (Fsp3) is 0.0800. The maximum atomic E-state index is 12.7. The van der Waals surface area contributed by atoms with Crippen LogP contribution in [0.15, 0.2) is 89.7 Å². The standard InChI is InChI=1S/C25H20N4O2/c1-2-31-20-15-13-19(14-16-20)29-24(18-11-7-4-8-12-18)21-22(17-9-5-3-6-10-17)26-27-25(30)23(21)28-29/h3-16H,2H2,1H3,(H,27,30). The van der Waals surface area contributed by atoms with Crippen molar-refractivity contribution in [1.29, 1.82) is 0 Å². The van der Waals surface area contributed by atoms with Crippen LogP contribution in [0.5, 0.6) is 5.75 Å². The van der Waals surface area contributed by atoms with E-state index in [-0.39, 0.29) is 5.56 Å². The Morgan fingerprint density at radius 1 is 0.871 bits per heavy atom. The van der Waals surface area contributed by atoms with Gasteiger partial charge in [-0.2, -0.15) is 10.2 Å². The third kappa shape index (κ3) is 3.38. The zero-order valence-electron chi connectivity index (χ0n) is 16.9. The lowest BCUT2D eigenvalue weighted by Crippen LogP contribution is -2.09.